The Hall–Kier alpha value is -2.75. The highest BCUT2D eigenvalue weighted by molar-refractivity contribution is 5.85. The third-order valence-corrected chi connectivity index (χ3v) is 2.96. The number of carbonyl (C=O) groups is 1. The van der Waals surface area contributed by atoms with Crippen molar-refractivity contribution in [3.05, 3.63) is 72.6 Å². The number of amides is 1. The van der Waals surface area contributed by atoms with Crippen molar-refractivity contribution in [2.75, 3.05) is 5.32 Å². The number of benzene rings is 1. The quantitative estimate of drug-likeness (QED) is 0.785. The standard InChI is InChI=1S/C16H14N2O2/c19-16(20-12-13-6-2-1-3-7-13)17-14-10-15-8-4-5-9-18(15)11-14/h1-11H,12H2,(H,17,19). The van der Waals surface area contributed by atoms with Gasteiger partial charge in [0.15, 0.2) is 0 Å². The molecule has 0 radical (unpaired) electrons. The van der Waals surface area contributed by atoms with Crippen LogP contribution in [0.15, 0.2) is 67.0 Å². The molecule has 4 nitrogen and oxygen atoms in total. The molecule has 0 saturated carbocycles. The normalized spacial score (nSPS) is 10.4. The number of anilines is 1. The number of pyridine rings is 1. The van der Waals surface area contributed by atoms with Gasteiger partial charge in [0.25, 0.3) is 0 Å². The highest BCUT2D eigenvalue weighted by Gasteiger charge is 2.05. The van der Waals surface area contributed by atoms with E-state index in [4.69, 9.17) is 4.74 Å². The average Bonchev–Trinajstić information content (AvgIpc) is 2.88. The zero-order valence-electron chi connectivity index (χ0n) is 10.8. The van der Waals surface area contributed by atoms with Gasteiger partial charge in [-0.2, -0.15) is 0 Å². The molecule has 0 saturated heterocycles. The summed E-state index contributed by atoms with van der Waals surface area (Å²) in [6.07, 6.45) is 3.32. The van der Waals surface area contributed by atoms with E-state index in [1.807, 2.05) is 71.4 Å². The smallest absolute Gasteiger partial charge is 0.412 e. The number of aromatic nitrogens is 1. The molecule has 0 bridgehead atoms. The lowest BCUT2D eigenvalue weighted by Gasteiger charge is -2.05. The molecule has 1 aromatic carbocycles. The lowest BCUT2D eigenvalue weighted by Crippen LogP contribution is -2.12. The molecular formula is C16H14N2O2. The van der Waals surface area contributed by atoms with E-state index in [-0.39, 0.29) is 6.61 Å². The molecule has 100 valence electrons. The number of hydrogen-bond acceptors (Lipinski definition) is 2. The van der Waals surface area contributed by atoms with E-state index in [2.05, 4.69) is 5.32 Å². The SMILES string of the molecule is O=C(Nc1cc2ccccn2c1)OCc1ccccc1. The van der Waals surface area contributed by atoms with Gasteiger partial charge in [0.1, 0.15) is 6.61 Å². The first kappa shape index (κ1) is 12.3. The fourth-order valence-corrected chi connectivity index (χ4v) is 2.00. The number of ether oxygens (including phenoxy) is 1. The van der Waals surface area contributed by atoms with Gasteiger partial charge in [-0.3, -0.25) is 5.32 Å². The van der Waals surface area contributed by atoms with E-state index in [1.165, 1.54) is 0 Å². The molecule has 4 heteroatoms. The van der Waals surface area contributed by atoms with Crippen LogP contribution in [-0.2, 0) is 11.3 Å². The van der Waals surface area contributed by atoms with Gasteiger partial charge in [0.05, 0.1) is 5.69 Å². The van der Waals surface area contributed by atoms with Crippen LogP contribution in [0.3, 0.4) is 0 Å². The van der Waals surface area contributed by atoms with Crippen LogP contribution in [0, 0.1) is 0 Å². The zero-order valence-corrected chi connectivity index (χ0v) is 10.8. The third kappa shape index (κ3) is 2.80. The summed E-state index contributed by atoms with van der Waals surface area (Å²) in [5.74, 6) is 0. The van der Waals surface area contributed by atoms with Crippen molar-refractivity contribution in [1.29, 1.82) is 0 Å². The lowest BCUT2D eigenvalue weighted by atomic mass is 10.2. The van der Waals surface area contributed by atoms with Crippen molar-refractivity contribution in [1.82, 2.24) is 4.40 Å². The summed E-state index contributed by atoms with van der Waals surface area (Å²) >= 11 is 0. The number of hydrogen-bond donors (Lipinski definition) is 1. The van der Waals surface area contributed by atoms with Crippen LogP contribution in [0.4, 0.5) is 10.5 Å². The van der Waals surface area contributed by atoms with Crippen LogP contribution in [0.5, 0.6) is 0 Å². The molecule has 0 unspecified atom stereocenters. The molecule has 0 aliphatic heterocycles. The highest BCUT2D eigenvalue weighted by Crippen LogP contribution is 2.14. The average molecular weight is 266 g/mol. The molecule has 0 fully saturated rings. The minimum Gasteiger partial charge on any atom is -0.444 e. The van der Waals surface area contributed by atoms with Crippen LogP contribution in [-0.4, -0.2) is 10.5 Å². The van der Waals surface area contributed by atoms with E-state index in [0.29, 0.717) is 5.69 Å². The van der Waals surface area contributed by atoms with Crippen molar-refractivity contribution in [2.24, 2.45) is 0 Å². The molecule has 0 aliphatic carbocycles. The van der Waals surface area contributed by atoms with Crippen molar-refractivity contribution in [3.8, 4) is 0 Å². The minimum absolute atomic E-state index is 0.264. The maximum atomic E-state index is 11.7. The third-order valence-electron chi connectivity index (χ3n) is 2.96. The number of nitrogens with one attached hydrogen (secondary N) is 1. The molecule has 3 aromatic rings. The summed E-state index contributed by atoms with van der Waals surface area (Å²) in [4.78, 5) is 11.7. The van der Waals surface area contributed by atoms with E-state index < -0.39 is 6.09 Å². The Morgan fingerprint density at radius 2 is 1.90 bits per heavy atom. The van der Waals surface area contributed by atoms with E-state index in [0.717, 1.165) is 11.1 Å². The summed E-state index contributed by atoms with van der Waals surface area (Å²) in [6, 6.07) is 17.3. The van der Waals surface area contributed by atoms with Gasteiger partial charge >= 0.3 is 6.09 Å². The Labute approximate surface area is 116 Å². The van der Waals surface area contributed by atoms with E-state index >= 15 is 0 Å². The summed E-state index contributed by atoms with van der Waals surface area (Å²) < 4.78 is 7.11. The van der Waals surface area contributed by atoms with Gasteiger partial charge in [0, 0.05) is 17.9 Å². The Morgan fingerprint density at radius 1 is 1.10 bits per heavy atom. The lowest BCUT2D eigenvalue weighted by molar-refractivity contribution is 0.155. The maximum absolute atomic E-state index is 11.7. The number of nitrogens with zero attached hydrogens (tertiary/aromatic N) is 1. The van der Waals surface area contributed by atoms with Crippen molar-refractivity contribution in [3.63, 3.8) is 0 Å². The topological polar surface area (TPSA) is 42.7 Å². The molecule has 0 aliphatic rings. The first-order valence-electron chi connectivity index (χ1n) is 6.36. The molecule has 3 rings (SSSR count). The predicted molar refractivity (Wildman–Crippen MR) is 77.6 cm³/mol. The van der Waals surface area contributed by atoms with E-state index in [9.17, 15) is 4.79 Å². The summed E-state index contributed by atoms with van der Waals surface area (Å²) in [7, 11) is 0. The first-order chi connectivity index (χ1) is 9.81. The summed E-state index contributed by atoms with van der Waals surface area (Å²) in [5, 5.41) is 2.72. The molecule has 0 atom stereocenters. The van der Waals surface area contributed by atoms with Crippen LogP contribution >= 0.6 is 0 Å². The fraction of sp³-hybridized carbons (Fsp3) is 0.0625. The second-order valence-electron chi connectivity index (χ2n) is 4.45. The highest BCUT2D eigenvalue weighted by atomic mass is 16.5. The second-order valence-corrected chi connectivity index (χ2v) is 4.45. The summed E-state index contributed by atoms with van der Waals surface area (Å²) in [5.41, 5.74) is 2.70. The zero-order chi connectivity index (χ0) is 13.8. The van der Waals surface area contributed by atoms with Gasteiger partial charge in [-0.15, -0.1) is 0 Å². The number of carbonyl (C=O) groups excluding carboxylic acids is 1. The van der Waals surface area contributed by atoms with Gasteiger partial charge in [-0.1, -0.05) is 36.4 Å². The van der Waals surface area contributed by atoms with Crippen molar-refractivity contribution in [2.45, 2.75) is 6.61 Å². The van der Waals surface area contributed by atoms with Crippen LogP contribution in [0.1, 0.15) is 5.56 Å². The minimum atomic E-state index is -0.454. The van der Waals surface area contributed by atoms with Crippen LogP contribution in [0.2, 0.25) is 0 Å². The predicted octanol–water partition coefficient (Wildman–Crippen LogP) is 3.69. The molecule has 0 spiro atoms. The first-order valence-corrected chi connectivity index (χ1v) is 6.36. The Bertz CT molecular complexity index is 686. The number of rotatable bonds is 3. The molecule has 20 heavy (non-hydrogen) atoms. The molecule has 1 amide bonds. The Morgan fingerprint density at radius 3 is 2.70 bits per heavy atom. The van der Waals surface area contributed by atoms with Crippen LogP contribution in [0.25, 0.3) is 5.52 Å². The van der Waals surface area contributed by atoms with Crippen molar-refractivity contribution < 1.29 is 9.53 Å². The van der Waals surface area contributed by atoms with E-state index in [1.54, 1.807) is 0 Å². The molecule has 1 N–H and O–H groups in total. The van der Waals surface area contributed by atoms with Gasteiger partial charge < -0.3 is 9.14 Å². The molecule has 2 heterocycles. The molecular weight excluding hydrogens is 252 g/mol. The fourth-order valence-electron chi connectivity index (χ4n) is 2.00. The maximum Gasteiger partial charge on any atom is 0.412 e. The second kappa shape index (κ2) is 5.48. The monoisotopic (exact) mass is 266 g/mol. The van der Waals surface area contributed by atoms with Gasteiger partial charge in [-0.05, 0) is 23.8 Å². The van der Waals surface area contributed by atoms with Gasteiger partial charge in [0.2, 0.25) is 0 Å². The Balaban J connectivity index is 1.61. The molecule has 2 aromatic heterocycles. The van der Waals surface area contributed by atoms with Crippen molar-refractivity contribution >= 4 is 17.3 Å². The van der Waals surface area contributed by atoms with Gasteiger partial charge in [-0.25, -0.2) is 4.79 Å². The Kier molecular flexibility index (Phi) is 3.37. The number of fused-ring (bicyclic) bond motifs is 1. The largest absolute Gasteiger partial charge is 0.444 e. The van der Waals surface area contributed by atoms with Crippen LogP contribution < -0.4 is 5.32 Å². The summed E-state index contributed by atoms with van der Waals surface area (Å²) in [6.45, 7) is 0.264.